The molecule has 2 aromatic heterocycles. The first-order chi connectivity index (χ1) is 10.5. The monoisotopic (exact) mass is 391 g/mol. The van der Waals surface area contributed by atoms with Gasteiger partial charge in [-0.05, 0) is 20.8 Å². The van der Waals surface area contributed by atoms with Crippen molar-refractivity contribution in [1.82, 2.24) is 25.0 Å². The van der Waals surface area contributed by atoms with E-state index < -0.39 is 0 Å². The summed E-state index contributed by atoms with van der Waals surface area (Å²) in [6, 6.07) is 0.494. The van der Waals surface area contributed by atoms with E-state index in [0.29, 0.717) is 6.04 Å². The van der Waals surface area contributed by atoms with Crippen molar-refractivity contribution in [1.29, 1.82) is 0 Å². The molecule has 24 heavy (non-hydrogen) atoms. The Bertz CT molecular complexity index is 702. The topological polar surface area (TPSA) is 63.1 Å². The zero-order valence-corrected chi connectivity index (χ0v) is 16.6. The number of amides is 1. The minimum atomic E-state index is 0. The van der Waals surface area contributed by atoms with Crippen molar-refractivity contribution in [2.24, 2.45) is 7.05 Å². The van der Waals surface area contributed by atoms with E-state index in [1.54, 1.807) is 10.9 Å². The van der Waals surface area contributed by atoms with Crippen LogP contribution in [0.15, 0.2) is 12.4 Å². The van der Waals surface area contributed by atoms with Crippen LogP contribution in [-0.4, -0.2) is 50.7 Å². The summed E-state index contributed by atoms with van der Waals surface area (Å²) < 4.78 is 1.74. The van der Waals surface area contributed by atoms with Crippen molar-refractivity contribution >= 4 is 42.1 Å². The van der Waals surface area contributed by atoms with Crippen molar-refractivity contribution in [3.8, 4) is 10.6 Å². The molecule has 1 aliphatic rings. The van der Waals surface area contributed by atoms with Gasteiger partial charge in [0.25, 0.3) is 5.91 Å². The number of aromatic nitrogens is 3. The van der Waals surface area contributed by atoms with Crippen LogP contribution in [0, 0.1) is 6.92 Å². The van der Waals surface area contributed by atoms with E-state index in [4.69, 9.17) is 0 Å². The van der Waals surface area contributed by atoms with Crippen LogP contribution in [0.1, 0.15) is 29.2 Å². The Balaban J connectivity index is 0.00000144. The highest BCUT2D eigenvalue weighted by Gasteiger charge is 2.31. The number of hydrogen-bond donors (Lipinski definition) is 1. The van der Waals surface area contributed by atoms with Crippen LogP contribution in [0.2, 0.25) is 0 Å². The van der Waals surface area contributed by atoms with Gasteiger partial charge in [0, 0.05) is 44.0 Å². The summed E-state index contributed by atoms with van der Waals surface area (Å²) in [6.07, 6.45) is 3.70. The van der Waals surface area contributed by atoms with E-state index in [9.17, 15) is 4.79 Å². The minimum absolute atomic E-state index is 0. The minimum Gasteiger partial charge on any atom is -0.332 e. The van der Waals surface area contributed by atoms with Gasteiger partial charge in [-0.15, -0.1) is 36.2 Å². The van der Waals surface area contributed by atoms with Gasteiger partial charge >= 0.3 is 0 Å². The molecule has 2 aromatic rings. The molecule has 0 spiro atoms. The maximum atomic E-state index is 12.9. The van der Waals surface area contributed by atoms with Crippen molar-refractivity contribution < 1.29 is 4.79 Å². The Hall–Kier alpha value is -1.15. The summed E-state index contributed by atoms with van der Waals surface area (Å²) in [5, 5.41) is 8.42. The summed E-state index contributed by atoms with van der Waals surface area (Å²) in [7, 11) is 1.87. The lowest BCUT2D eigenvalue weighted by molar-refractivity contribution is 0.0607. The molecule has 6 nitrogen and oxygen atoms in total. The number of rotatable bonds is 2. The molecule has 0 radical (unpaired) electrons. The molecular formula is C15H23Cl2N5OS. The Morgan fingerprint density at radius 2 is 2.08 bits per heavy atom. The zero-order valence-electron chi connectivity index (χ0n) is 14.1. The summed E-state index contributed by atoms with van der Waals surface area (Å²) >= 11 is 1.45. The normalized spacial score (nSPS) is 20.2. The molecule has 0 aromatic carbocycles. The van der Waals surface area contributed by atoms with Crippen LogP contribution in [0.25, 0.3) is 10.6 Å². The van der Waals surface area contributed by atoms with Gasteiger partial charge < -0.3 is 10.2 Å². The molecule has 2 unspecified atom stereocenters. The molecule has 134 valence electrons. The van der Waals surface area contributed by atoms with Gasteiger partial charge in [0.15, 0.2) is 0 Å². The second-order valence-corrected chi connectivity index (χ2v) is 6.82. The van der Waals surface area contributed by atoms with Crippen LogP contribution >= 0.6 is 36.2 Å². The molecule has 2 atom stereocenters. The predicted octanol–water partition coefficient (Wildman–Crippen LogP) is 2.52. The van der Waals surface area contributed by atoms with Crippen LogP contribution in [0.4, 0.5) is 0 Å². The van der Waals surface area contributed by atoms with Gasteiger partial charge in [0.2, 0.25) is 0 Å². The SMILES string of the molecule is Cc1nc(-c2cnn(C)c2)sc1C(=O)N1CCNC(C)C1C.Cl.Cl. The Morgan fingerprint density at radius 1 is 1.38 bits per heavy atom. The Labute approximate surface area is 158 Å². The number of carbonyl (C=O) groups is 1. The predicted molar refractivity (Wildman–Crippen MR) is 102 cm³/mol. The Kier molecular flexibility index (Phi) is 7.22. The van der Waals surface area contributed by atoms with Crippen molar-refractivity contribution in [2.75, 3.05) is 13.1 Å². The maximum Gasteiger partial charge on any atom is 0.266 e. The fourth-order valence-electron chi connectivity index (χ4n) is 2.72. The molecule has 1 fully saturated rings. The first kappa shape index (κ1) is 20.9. The maximum absolute atomic E-state index is 12.9. The molecular weight excluding hydrogens is 369 g/mol. The highest BCUT2D eigenvalue weighted by atomic mass is 35.5. The average Bonchev–Trinajstić information content (AvgIpc) is 3.07. The van der Waals surface area contributed by atoms with E-state index in [1.165, 1.54) is 11.3 Å². The molecule has 3 rings (SSSR count). The molecule has 1 amide bonds. The van der Waals surface area contributed by atoms with Crippen molar-refractivity contribution in [3.63, 3.8) is 0 Å². The number of aryl methyl sites for hydroxylation is 2. The van der Waals surface area contributed by atoms with E-state index >= 15 is 0 Å². The molecule has 0 bridgehead atoms. The smallest absolute Gasteiger partial charge is 0.266 e. The molecule has 1 saturated heterocycles. The van der Waals surface area contributed by atoms with Gasteiger partial charge in [-0.1, -0.05) is 0 Å². The largest absolute Gasteiger partial charge is 0.332 e. The van der Waals surface area contributed by atoms with Crippen molar-refractivity contribution in [2.45, 2.75) is 32.9 Å². The lowest BCUT2D eigenvalue weighted by Crippen LogP contribution is -2.57. The van der Waals surface area contributed by atoms with Crippen LogP contribution in [-0.2, 0) is 7.05 Å². The zero-order chi connectivity index (χ0) is 15.9. The highest BCUT2D eigenvalue weighted by Crippen LogP contribution is 2.29. The Morgan fingerprint density at radius 3 is 2.71 bits per heavy atom. The second-order valence-electron chi connectivity index (χ2n) is 5.82. The van der Waals surface area contributed by atoms with Gasteiger partial charge in [-0.2, -0.15) is 5.10 Å². The standard InChI is InChI=1S/C15H21N5OS.2ClH/c1-9-11(3)20(6-5-16-9)15(21)13-10(2)18-14(22-13)12-7-17-19(4)8-12;;/h7-9,11,16H,5-6H2,1-4H3;2*1H. The number of nitrogens with zero attached hydrogens (tertiary/aromatic N) is 4. The molecule has 1 aliphatic heterocycles. The van der Waals surface area contributed by atoms with E-state index in [1.807, 2.05) is 25.1 Å². The summed E-state index contributed by atoms with van der Waals surface area (Å²) in [5.74, 6) is 0.0889. The van der Waals surface area contributed by atoms with Gasteiger partial charge in [-0.3, -0.25) is 9.48 Å². The molecule has 3 heterocycles. The van der Waals surface area contributed by atoms with E-state index in [2.05, 4.69) is 29.2 Å². The average molecular weight is 392 g/mol. The van der Waals surface area contributed by atoms with Gasteiger partial charge in [0.1, 0.15) is 9.88 Å². The lowest BCUT2D eigenvalue weighted by Gasteiger charge is -2.38. The quantitative estimate of drug-likeness (QED) is 0.853. The number of hydrogen-bond acceptors (Lipinski definition) is 5. The highest BCUT2D eigenvalue weighted by molar-refractivity contribution is 7.17. The number of thiazole rings is 1. The van der Waals surface area contributed by atoms with Gasteiger partial charge in [-0.25, -0.2) is 4.98 Å². The first-order valence-electron chi connectivity index (χ1n) is 7.48. The molecule has 0 aliphatic carbocycles. The summed E-state index contributed by atoms with van der Waals surface area (Å²) in [5.41, 5.74) is 1.75. The fourth-order valence-corrected chi connectivity index (χ4v) is 3.72. The first-order valence-corrected chi connectivity index (χ1v) is 8.30. The molecule has 0 saturated carbocycles. The third-order valence-corrected chi connectivity index (χ3v) is 5.43. The molecule has 1 N–H and O–H groups in total. The number of nitrogens with one attached hydrogen (secondary N) is 1. The van der Waals surface area contributed by atoms with Crippen LogP contribution in [0.5, 0.6) is 0 Å². The van der Waals surface area contributed by atoms with Gasteiger partial charge in [0.05, 0.1) is 11.9 Å². The summed E-state index contributed by atoms with van der Waals surface area (Å²) in [6.45, 7) is 7.69. The lowest BCUT2D eigenvalue weighted by atomic mass is 10.1. The fraction of sp³-hybridized carbons (Fsp3) is 0.533. The van der Waals surface area contributed by atoms with E-state index in [-0.39, 0.29) is 36.8 Å². The third kappa shape index (κ3) is 3.91. The summed E-state index contributed by atoms with van der Waals surface area (Å²) in [4.78, 5) is 20.1. The van der Waals surface area contributed by atoms with Crippen LogP contribution < -0.4 is 5.32 Å². The molecule has 9 heteroatoms. The second kappa shape index (κ2) is 8.29. The number of piperazine rings is 1. The van der Waals surface area contributed by atoms with Crippen molar-refractivity contribution in [3.05, 3.63) is 23.0 Å². The number of carbonyl (C=O) groups excluding carboxylic acids is 1. The third-order valence-electron chi connectivity index (χ3n) is 4.24. The number of halogens is 2. The van der Waals surface area contributed by atoms with Crippen LogP contribution in [0.3, 0.4) is 0 Å². The van der Waals surface area contributed by atoms with E-state index in [0.717, 1.165) is 34.2 Å².